The maximum Gasteiger partial charge on any atom is 0.374 e. The summed E-state index contributed by atoms with van der Waals surface area (Å²) < 4.78 is 9.95. The van der Waals surface area contributed by atoms with Crippen molar-refractivity contribution in [2.45, 2.75) is 6.61 Å². The van der Waals surface area contributed by atoms with Crippen molar-refractivity contribution in [3.05, 3.63) is 47.9 Å². The van der Waals surface area contributed by atoms with E-state index >= 15 is 0 Å². The van der Waals surface area contributed by atoms with Crippen LogP contribution in [0.15, 0.2) is 40.9 Å². The number of nitrogens with zero attached hydrogens (tertiary/aromatic N) is 1. The van der Waals surface area contributed by atoms with Gasteiger partial charge in [0.1, 0.15) is 18.1 Å². The van der Waals surface area contributed by atoms with Crippen molar-refractivity contribution < 1.29 is 19.2 Å². The van der Waals surface area contributed by atoms with E-state index in [1.807, 2.05) is 18.2 Å². The van der Waals surface area contributed by atoms with Crippen molar-refractivity contribution >= 4 is 5.97 Å². The smallest absolute Gasteiger partial charge is 0.374 e. The fraction of sp³-hybridized carbons (Fsp3) is 0.0909. The van der Waals surface area contributed by atoms with Gasteiger partial charge >= 0.3 is 5.97 Å². The first-order valence-corrected chi connectivity index (χ1v) is 4.62. The Kier molecular flexibility index (Phi) is 2.86. The number of carbonyl (C=O) groups is 1. The van der Waals surface area contributed by atoms with Crippen molar-refractivity contribution in [1.82, 2.24) is 5.16 Å². The van der Waals surface area contributed by atoms with E-state index < -0.39 is 5.97 Å². The highest BCUT2D eigenvalue weighted by Crippen LogP contribution is 2.11. The second-order valence-electron chi connectivity index (χ2n) is 3.09. The summed E-state index contributed by atoms with van der Waals surface area (Å²) in [5.74, 6) is -0.632. The second kappa shape index (κ2) is 4.48. The maximum atomic E-state index is 10.5. The topological polar surface area (TPSA) is 72.6 Å². The molecule has 0 bridgehead atoms. The summed E-state index contributed by atoms with van der Waals surface area (Å²) in [5.41, 5.74) is 0.446. The first kappa shape index (κ1) is 10.2. The molecule has 0 saturated carbocycles. The van der Waals surface area contributed by atoms with Gasteiger partial charge in [0.25, 0.3) is 0 Å². The number of para-hydroxylation sites is 1. The minimum Gasteiger partial charge on any atom is -0.487 e. The molecule has 0 aliphatic rings. The lowest BCUT2D eigenvalue weighted by Crippen LogP contribution is -1.95. The van der Waals surface area contributed by atoms with Crippen LogP contribution < -0.4 is 4.74 Å². The molecule has 0 aliphatic carbocycles. The lowest BCUT2D eigenvalue weighted by Gasteiger charge is -2.01. The summed E-state index contributed by atoms with van der Waals surface area (Å²) in [4.78, 5) is 10.5. The normalized spacial score (nSPS) is 10.0. The quantitative estimate of drug-likeness (QED) is 0.850. The lowest BCUT2D eigenvalue weighted by atomic mass is 10.3. The lowest BCUT2D eigenvalue weighted by molar-refractivity contribution is 0.0651. The highest BCUT2D eigenvalue weighted by Gasteiger charge is 2.10. The molecule has 0 aliphatic heterocycles. The number of aromatic carboxylic acids is 1. The van der Waals surface area contributed by atoms with Gasteiger partial charge in [-0.2, -0.15) is 0 Å². The maximum absolute atomic E-state index is 10.5. The van der Waals surface area contributed by atoms with Gasteiger partial charge in [-0.1, -0.05) is 23.4 Å². The zero-order valence-electron chi connectivity index (χ0n) is 8.29. The molecular formula is C11H9NO4. The molecule has 1 heterocycles. The Labute approximate surface area is 91.3 Å². The number of aromatic nitrogens is 1. The monoisotopic (exact) mass is 219 g/mol. The number of benzene rings is 1. The summed E-state index contributed by atoms with van der Waals surface area (Å²) >= 11 is 0. The van der Waals surface area contributed by atoms with Crippen molar-refractivity contribution in [2.24, 2.45) is 0 Å². The molecule has 0 fully saturated rings. The predicted molar refractivity (Wildman–Crippen MR) is 54.2 cm³/mol. The van der Waals surface area contributed by atoms with Crippen LogP contribution in [0.2, 0.25) is 0 Å². The van der Waals surface area contributed by atoms with Gasteiger partial charge in [-0.3, -0.25) is 0 Å². The third-order valence-electron chi connectivity index (χ3n) is 1.90. The molecule has 0 atom stereocenters. The number of hydrogen-bond acceptors (Lipinski definition) is 4. The third kappa shape index (κ3) is 2.38. The molecular weight excluding hydrogens is 210 g/mol. The summed E-state index contributed by atoms with van der Waals surface area (Å²) in [7, 11) is 0. The molecule has 1 aromatic heterocycles. The van der Waals surface area contributed by atoms with E-state index in [0.717, 1.165) is 0 Å². The molecule has 0 radical (unpaired) electrons. The summed E-state index contributed by atoms with van der Waals surface area (Å²) in [6, 6.07) is 10.5. The molecule has 16 heavy (non-hydrogen) atoms. The van der Waals surface area contributed by atoms with Crippen molar-refractivity contribution in [3.8, 4) is 5.75 Å². The number of hydrogen-bond donors (Lipinski definition) is 1. The second-order valence-corrected chi connectivity index (χ2v) is 3.09. The number of carboxylic acid groups (broad SMARTS) is 1. The van der Waals surface area contributed by atoms with E-state index in [1.165, 1.54) is 6.07 Å². The fourth-order valence-corrected chi connectivity index (χ4v) is 1.15. The summed E-state index contributed by atoms with van der Waals surface area (Å²) in [5, 5.41) is 12.2. The van der Waals surface area contributed by atoms with E-state index in [-0.39, 0.29) is 12.4 Å². The van der Waals surface area contributed by atoms with Crippen LogP contribution in [0, 0.1) is 0 Å². The van der Waals surface area contributed by atoms with E-state index in [0.29, 0.717) is 11.4 Å². The Hall–Kier alpha value is -2.30. The minimum absolute atomic E-state index is 0.181. The number of rotatable bonds is 4. The van der Waals surface area contributed by atoms with Crippen LogP contribution in [0.5, 0.6) is 5.75 Å². The molecule has 0 saturated heterocycles. The van der Waals surface area contributed by atoms with E-state index in [9.17, 15) is 4.79 Å². The van der Waals surface area contributed by atoms with Crippen molar-refractivity contribution in [1.29, 1.82) is 0 Å². The molecule has 5 heteroatoms. The first-order chi connectivity index (χ1) is 7.75. The van der Waals surface area contributed by atoms with E-state index in [2.05, 4.69) is 9.68 Å². The van der Waals surface area contributed by atoms with Gasteiger partial charge in [-0.25, -0.2) is 4.79 Å². The minimum atomic E-state index is -1.14. The molecule has 2 rings (SSSR count). The number of ether oxygens (including phenoxy) is 1. The van der Waals surface area contributed by atoms with Gasteiger partial charge in [0.2, 0.25) is 5.76 Å². The van der Waals surface area contributed by atoms with Crippen molar-refractivity contribution in [3.63, 3.8) is 0 Å². The van der Waals surface area contributed by atoms with Crippen LogP contribution in [-0.2, 0) is 6.61 Å². The molecule has 0 unspecified atom stereocenters. The van der Waals surface area contributed by atoms with E-state index in [1.54, 1.807) is 12.1 Å². The first-order valence-electron chi connectivity index (χ1n) is 4.62. The molecule has 0 spiro atoms. The largest absolute Gasteiger partial charge is 0.487 e. The van der Waals surface area contributed by atoms with E-state index in [4.69, 9.17) is 9.84 Å². The zero-order valence-corrected chi connectivity index (χ0v) is 8.29. The Morgan fingerprint density at radius 2 is 2.12 bits per heavy atom. The Bertz CT molecular complexity index is 478. The number of carboxylic acids is 1. The van der Waals surface area contributed by atoms with Crippen LogP contribution in [-0.4, -0.2) is 16.2 Å². The van der Waals surface area contributed by atoms with Crippen LogP contribution in [0.1, 0.15) is 16.2 Å². The van der Waals surface area contributed by atoms with Gasteiger partial charge in [0, 0.05) is 6.07 Å². The molecule has 0 amide bonds. The SMILES string of the molecule is O=C(O)c1cc(COc2ccccc2)no1. The highest BCUT2D eigenvalue weighted by molar-refractivity contribution is 5.84. The van der Waals surface area contributed by atoms with Crippen molar-refractivity contribution in [2.75, 3.05) is 0 Å². The molecule has 5 nitrogen and oxygen atoms in total. The third-order valence-corrected chi connectivity index (χ3v) is 1.90. The summed E-state index contributed by atoms with van der Waals surface area (Å²) in [6.07, 6.45) is 0. The molecule has 82 valence electrons. The van der Waals surface area contributed by atoms with Gasteiger partial charge in [-0.05, 0) is 12.1 Å². The van der Waals surface area contributed by atoms with Gasteiger partial charge in [0.05, 0.1) is 0 Å². The predicted octanol–water partition coefficient (Wildman–Crippen LogP) is 1.95. The average molecular weight is 219 g/mol. The molecule has 1 aromatic carbocycles. The highest BCUT2D eigenvalue weighted by atomic mass is 16.5. The van der Waals surface area contributed by atoms with Crippen LogP contribution >= 0.6 is 0 Å². The molecule has 1 N–H and O–H groups in total. The molecule has 2 aromatic rings. The zero-order chi connectivity index (χ0) is 11.4. The Balaban J connectivity index is 1.97. The fourth-order valence-electron chi connectivity index (χ4n) is 1.15. The Morgan fingerprint density at radius 3 is 2.75 bits per heavy atom. The Morgan fingerprint density at radius 1 is 1.38 bits per heavy atom. The van der Waals surface area contributed by atoms with Gasteiger partial charge in [-0.15, -0.1) is 0 Å². The van der Waals surface area contributed by atoms with Crippen LogP contribution in [0.4, 0.5) is 0 Å². The van der Waals surface area contributed by atoms with Crippen LogP contribution in [0.25, 0.3) is 0 Å². The average Bonchev–Trinajstić information content (AvgIpc) is 2.76. The van der Waals surface area contributed by atoms with Crippen LogP contribution in [0.3, 0.4) is 0 Å². The summed E-state index contributed by atoms with van der Waals surface area (Å²) in [6.45, 7) is 0.181. The van der Waals surface area contributed by atoms with Gasteiger partial charge in [0.15, 0.2) is 0 Å². The van der Waals surface area contributed by atoms with Gasteiger partial charge < -0.3 is 14.4 Å². The standard InChI is InChI=1S/C11H9NO4/c13-11(14)10-6-8(12-16-10)7-15-9-4-2-1-3-5-9/h1-6H,7H2,(H,13,14).